The Hall–Kier alpha value is -2.93. The van der Waals surface area contributed by atoms with Crippen molar-refractivity contribution in [3.05, 3.63) is 101 Å². The lowest BCUT2D eigenvalue weighted by Gasteiger charge is -2.40. The van der Waals surface area contributed by atoms with E-state index in [0.717, 1.165) is 22.4 Å². The molecule has 2 atom stereocenters. The highest BCUT2D eigenvalue weighted by atomic mass is 32.2. The van der Waals surface area contributed by atoms with Gasteiger partial charge in [0.15, 0.2) is 0 Å². The van der Waals surface area contributed by atoms with Crippen LogP contribution in [0.4, 0.5) is 0 Å². The number of nitrogens with zero attached hydrogens (tertiary/aromatic N) is 1. The van der Waals surface area contributed by atoms with Crippen LogP contribution >= 0.6 is 0 Å². The number of benzene rings is 3. The van der Waals surface area contributed by atoms with Gasteiger partial charge in [0.1, 0.15) is 12.4 Å². The molecule has 0 unspecified atom stereocenters. The molecule has 0 saturated heterocycles. The third-order valence-electron chi connectivity index (χ3n) is 5.90. The molecule has 6 heteroatoms. The van der Waals surface area contributed by atoms with E-state index in [2.05, 4.69) is 0 Å². The standard InChI is InChI=1S/C25H23NO4S/c27-25-21-11-5-7-13-24(21)31(28,29)26(16-18-8-2-1-3-9-18)22(25)15-19-14-20-10-4-6-12-23(20)30-17-19/h1-14,22,25,27H,15-17H2/t22-,25+/m0/s1. The van der Waals surface area contributed by atoms with Gasteiger partial charge in [0, 0.05) is 17.7 Å². The van der Waals surface area contributed by atoms with Gasteiger partial charge < -0.3 is 9.84 Å². The topological polar surface area (TPSA) is 66.8 Å². The molecule has 3 aromatic carbocycles. The summed E-state index contributed by atoms with van der Waals surface area (Å²) in [7, 11) is -3.77. The summed E-state index contributed by atoms with van der Waals surface area (Å²) in [6.07, 6.45) is 1.50. The minimum absolute atomic E-state index is 0.175. The van der Waals surface area contributed by atoms with Crippen LogP contribution < -0.4 is 4.74 Å². The monoisotopic (exact) mass is 433 g/mol. The smallest absolute Gasteiger partial charge is 0.244 e. The van der Waals surface area contributed by atoms with Gasteiger partial charge in [0.25, 0.3) is 0 Å². The average Bonchev–Trinajstić information content (AvgIpc) is 2.80. The number of rotatable bonds is 4. The lowest BCUT2D eigenvalue weighted by Crippen LogP contribution is -2.47. The second-order valence-corrected chi connectivity index (χ2v) is 9.78. The van der Waals surface area contributed by atoms with Crippen LogP contribution in [0.5, 0.6) is 5.75 Å². The molecule has 0 saturated carbocycles. The Morgan fingerprint density at radius 2 is 1.65 bits per heavy atom. The van der Waals surface area contributed by atoms with Crippen molar-refractivity contribution in [2.75, 3.05) is 6.61 Å². The lowest BCUT2D eigenvalue weighted by atomic mass is 9.93. The Morgan fingerprint density at radius 1 is 0.935 bits per heavy atom. The average molecular weight is 434 g/mol. The first-order valence-corrected chi connectivity index (χ1v) is 11.7. The van der Waals surface area contributed by atoms with E-state index >= 15 is 0 Å². The number of ether oxygens (including phenoxy) is 1. The van der Waals surface area contributed by atoms with Crippen molar-refractivity contribution in [1.82, 2.24) is 4.31 Å². The summed E-state index contributed by atoms with van der Waals surface area (Å²) < 4.78 is 34.4. The number of aliphatic hydroxyl groups excluding tert-OH is 1. The third-order valence-corrected chi connectivity index (χ3v) is 7.85. The molecule has 0 bridgehead atoms. The van der Waals surface area contributed by atoms with E-state index in [4.69, 9.17) is 4.74 Å². The van der Waals surface area contributed by atoms with Gasteiger partial charge in [-0.2, -0.15) is 4.31 Å². The van der Waals surface area contributed by atoms with Crippen molar-refractivity contribution >= 4 is 16.1 Å². The maximum atomic E-state index is 13.6. The number of aliphatic hydroxyl groups is 1. The summed E-state index contributed by atoms with van der Waals surface area (Å²) in [5.41, 5.74) is 3.25. The van der Waals surface area contributed by atoms with Gasteiger partial charge in [-0.1, -0.05) is 66.7 Å². The predicted octanol–water partition coefficient (Wildman–Crippen LogP) is 4.16. The van der Waals surface area contributed by atoms with Gasteiger partial charge in [0.05, 0.1) is 17.0 Å². The fourth-order valence-corrected chi connectivity index (χ4v) is 6.21. The van der Waals surface area contributed by atoms with Crippen molar-refractivity contribution in [3.63, 3.8) is 0 Å². The number of fused-ring (bicyclic) bond motifs is 2. The first-order valence-electron chi connectivity index (χ1n) is 10.3. The summed E-state index contributed by atoms with van der Waals surface area (Å²) in [4.78, 5) is 0.175. The van der Waals surface area contributed by atoms with Gasteiger partial charge in [-0.3, -0.25) is 0 Å². The molecular formula is C25H23NO4S. The zero-order valence-corrected chi connectivity index (χ0v) is 17.7. The first-order chi connectivity index (χ1) is 15.0. The van der Waals surface area contributed by atoms with Gasteiger partial charge in [-0.05, 0) is 35.8 Å². The van der Waals surface area contributed by atoms with E-state index in [1.807, 2.05) is 60.7 Å². The second-order valence-electron chi connectivity index (χ2n) is 7.92. The molecule has 2 heterocycles. The van der Waals surface area contributed by atoms with Crippen molar-refractivity contribution < 1.29 is 18.3 Å². The molecule has 2 aliphatic rings. The van der Waals surface area contributed by atoms with Crippen molar-refractivity contribution in [1.29, 1.82) is 0 Å². The molecule has 0 aliphatic carbocycles. The second kappa shape index (κ2) is 7.96. The predicted molar refractivity (Wildman–Crippen MR) is 119 cm³/mol. The van der Waals surface area contributed by atoms with E-state index in [9.17, 15) is 13.5 Å². The molecule has 0 amide bonds. The summed E-state index contributed by atoms with van der Waals surface area (Å²) in [5.74, 6) is 0.814. The number of hydrogen-bond donors (Lipinski definition) is 1. The summed E-state index contributed by atoms with van der Waals surface area (Å²) in [5, 5.41) is 11.3. The van der Waals surface area contributed by atoms with Gasteiger partial charge in [-0.25, -0.2) is 8.42 Å². The van der Waals surface area contributed by atoms with Crippen molar-refractivity contribution in [3.8, 4) is 5.75 Å². The Morgan fingerprint density at radius 3 is 2.48 bits per heavy atom. The molecule has 31 heavy (non-hydrogen) atoms. The van der Waals surface area contributed by atoms with E-state index in [1.54, 1.807) is 24.3 Å². The summed E-state index contributed by atoms with van der Waals surface area (Å²) >= 11 is 0. The Kier molecular flexibility index (Phi) is 5.14. The molecule has 0 aromatic heterocycles. The summed E-state index contributed by atoms with van der Waals surface area (Å²) in [6.45, 7) is 0.574. The van der Waals surface area contributed by atoms with Crippen LogP contribution in [0.25, 0.3) is 6.08 Å². The molecule has 158 valence electrons. The summed E-state index contributed by atoms with van der Waals surface area (Å²) in [6, 6.07) is 23.3. The Balaban J connectivity index is 1.55. The number of hydrogen-bond acceptors (Lipinski definition) is 4. The zero-order chi connectivity index (χ0) is 21.4. The molecule has 0 spiro atoms. The molecule has 3 aromatic rings. The molecule has 5 nitrogen and oxygen atoms in total. The van der Waals surface area contributed by atoms with Crippen molar-refractivity contribution in [2.45, 2.75) is 30.0 Å². The highest BCUT2D eigenvalue weighted by Gasteiger charge is 2.43. The Labute approximate surface area is 182 Å². The van der Waals surface area contributed by atoms with Gasteiger partial charge >= 0.3 is 0 Å². The molecule has 2 aliphatic heterocycles. The van der Waals surface area contributed by atoms with E-state index in [-0.39, 0.29) is 11.4 Å². The minimum atomic E-state index is -3.77. The van der Waals surface area contributed by atoms with E-state index in [0.29, 0.717) is 18.6 Å². The SMILES string of the molecule is O=S1(=O)c2ccccc2[C@@H](O)[C@H](CC2=Cc3ccccc3OC2)N1Cc1ccccc1. The first kappa shape index (κ1) is 20.0. The zero-order valence-electron chi connectivity index (χ0n) is 16.9. The molecular weight excluding hydrogens is 410 g/mol. The largest absolute Gasteiger partial charge is 0.489 e. The number of para-hydroxylation sites is 1. The normalized spacial score (nSPS) is 22.0. The molecule has 0 radical (unpaired) electrons. The van der Waals surface area contributed by atoms with Crippen LogP contribution in [0.3, 0.4) is 0 Å². The van der Waals surface area contributed by atoms with Crippen LogP contribution in [0, 0.1) is 0 Å². The Bertz CT molecular complexity index is 1240. The highest BCUT2D eigenvalue weighted by molar-refractivity contribution is 7.89. The fourth-order valence-electron chi connectivity index (χ4n) is 4.36. The van der Waals surface area contributed by atoms with Gasteiger partial charge in [-0.15, -0.1) is 0 Å². The quantitative estimate of drug-likeness (QED) is 0.671. The lowest BCUT2D eigenvalue weighted by molar-refractivity contribution is 0.0757. The van der Waals surface area contributed by atoms with E-state index in [1.165, 1.54) is 4.31 Å². The van der Waals surface area contributed by atoms with Crippen LogP contribution in [0.15, 0.2) is 89.3 Å². The van der Waals surface area contributed by atoms with Gasteiger partial charge in [0.2, 0.25) is 10.0 Å². The minimum Gasteiger partial charge on any atom is -0.489 e. The maximum absolute atomic E-state index is 13.6. The van der Waals surface area contributed by atoms with Crippen LogP contribution in [0.1, 0.15) is 29.2 Å². The van der Waals surface area contributed by atoms with Crippen LogP contribution in [-0.4, -0.2) is 30.5 Å². The fraction of sp³-hybridized carbons (Fsp3) is 0.200. The third kappa shape index (κ3) is 3.67. The van der Waals surface area contributed by atoms with E-state index < -0.39 is 22.2 Å². The highest BCUT2D eigenvalue weighted by Crippen LogP contribution is 2.40. The maximum Gasteiger partial charge on any atom is 0.244 e. The molecule has 1 N–H and O–H groups in total. The van der Waals surface area contributed by atoms with Crippen LogP contribution in [0.2, 0.25) is 0 Å². The molecule has 5 rings (SSSR count). The van der Waals surface area contributed by atoms with Crippen molar-refractivity contribution in [2.24, 2.45) is 0 Å². The van der Waals surface area contributed by atoms with Crippen LogP contribution in [-0.2, 0) is 16.6 Å². The molecule has 0 fully saturated rings. The number of sulfonamides is 1.